The SMILES string of the molecule is O=C(O)c1cc(S(=O)(=O)N2C[C@H]3CCC[C@@H]3C2)c[nH]1. The lowest BCUT2D eigenvalue weighted by Gasteiger charge is -2.15. The van der Waals surface area contributed by atoms with Crippen molar-refractivity contribution in [3.63, 3.8) is 0 Å². The Morgan fingerprint density at radius 2 is 1.95 bits per heavy atom. The molecular formula is C12H16N2O4S. The molecule has 0 aromatic carbocycles. The molecule has 1 aromatic heterocycles. The van der Waals surface area contributed by atoms with Crippen LogP contribution in [0.5, 0.6) is 0 Å². The fraction of sp³-hybridized carbons (Fsp3) is 0.583. The van der Waals surface area contributed by atoms with Gasteiger partial charge < -0.3 is 10.1 Å². The molecule has 2 heterocycles. The molecule has 1 aromatic rings. The van der Waals surface area contributed by atoms with Crippen LogP contribution < -0.4 is 0 Å². The minimum atomic E-state index is -3.55. The van der Waals surface area contributed by atoms with E-state index in [1.165, 1.54) is 23.0 Å². The number of carboxylic acids is 1. The molecule has 0 bridgehead atoms. The molecule has 7 heteroatoms. The summed E-state index contributed by atoms with van der Waals surface area (Å²) >= 11 is 0. The van der Waals surface area contributed by atoms with E-state index in [0.29, 0.717) is 24.9 Å². The number of nitrogens with one attached hydrogen (secondary N) is 1. The van der Waals surface area contributed by atoms with Gasteiger partial charge >= 0.3 is 5.97 Å². The van der Waals surface area contributed by atoms with Gasteiger partial charge in [0.05, 0.1) is 0 Å². The highest BCUT2D eigenvalue weighted by Crippen LogP contribution is 2.39. The zero-order chi connectivity index (χ0) is 13.6. The van der Waals surface area contributed by atoms with Crippen LogP contribution in [0, 0.1) is 11.8 Å². The second-order valence-electron chi connectivity index (χ2n) is 5.33. The molecule has 19 heavy (non-hydrogen) atoms. The molecule has 2 atom stereocenters. The maximum Gasteiger partial charge on any atom is 0.352 e. The normalized spacial score (nSPS) is 27.6. The molecule has 3 rings (SSSR count). The summed E-state index contributed by atoms with van der Waals surface area (Å²) < 4.78 is 26.3. The molecule has 1 aliphatic heterocycles. The number of carboxylic acid groups (broad SMARTS) is 1. The van der Waals surface area contributed by atoms with Crippen LogP contribution in [-0.2, 0) is 10.0 Å². The second-order valence-corrected chi connectivity index (χ2v) is 7.27. The molecule has 1 aliphatic carbocycles. The molecule has 0 unspecified atom stereocenters. The van der Waals surface area contributed by atoms with E-state index in [4.69, 9.17) is 5.11 Å². The molecule has 6 nitrogen and oxygen atoms in total. The third kappa shape index (κ3) is 2.06. The standard InChI is InChI=1S/C12H16N2O4S/c15-12(16)11-4-10(5-13-11)19(17,18)14-6-8-2-1-3-9(8)7-14/h4-5,8-9,13H,1-3,6-7H2,(H,15,16)/t8-,9-/m1/s1. The Bertz CT molecular complexity index is 595. The van der Waals surface area contributed by atoms with E-state index in [9.17, 15) is 13.2 Å². The Morgan fingerprint density at radius 3 is 2.47 bits per heavy atom. The zero-order valence-electron chi connectivity index (χ0n) is 10.4. The maximum absolute atomic E-state index is 12.4. The molecule has 1 saturated carbocycles. The number of hydrogen-bond donors (Lipinski definition) is 2. The summed E-state index contributed by atoms with van der Waals surface area (Å²) in [4.78, 5) is 13.3. The topological polar surface area (TPSA) is 90.5 Å². The first-order valence-electron chi connectivity index (χ1n) is 6.40. The van der Waals surface area contributed by atoms with Gasteiger partial charge in [0.1, 0.15) is 10.6 Å². The van der Waals surface area contributed by atoms with Gasteiger partial charge in [-0.25, -0.2) is 13.2 Å². The molecule has 1 saturated heterocycles. The number of hydrogen-bond acceptors (Lipinski definition) is 3. The number of rotatable bonds is 3. The van der Waals surface area contributed by atoms with Crippen molar-refractivity contribution in [3.8, 4) is 0 Å². The van der Waals surface area contributed by atoms with Crippen LogP contribution in [0.4, 0.5) is 0 Å². The smallest absolute Gasteiger partial charge is 0.352 e. The molecule has 2 aliphatic rings. The summed E-state index contributed by atoms with van der Waals surface area (Å²) in [5, 5.41) is 8.82. The quantitative estimate of drug-likeness (QED) is 0.870. The van der Waals surface area contributed by atoms with Gasteiger partial charge in [-0.15, -0.1) is 0 Å². The minimum absolute atomic E-state index is 0.0462. The van der Waals surface area contributed by atoms with E-state index in [1.54, 1.807) is 0 Å². The fourth-order valence-corrected chi connectivity index (χ4v) is 4.73. The summed E-state index contributed by atoms with van der Waals surface area (Å²) in [5.41, 5.74) is -0.0991. The Morgan fingerprint density at radius 1 is 1.32 bits per heavy atom. The monoisotopic (exact) mass is 284 g/mol. The molecular weight excluding hydrogens is 268 g/mol. The van der Waals surface area contributed by atoms with E-state index < -0.39 is 16.0 Å². The van der Waals surface area contributed by atoms with Crippen molar-refractivity contribution in [1.82, 2.24) is 9.29 Å². The Hall–Kier alpha value is -1.34. The molecule has 0 amide bonds. The van der Waals surface area contributed by atoms with Crippen LogP contribution in [0.3, 0.4) is 0 Å². The number of carbonyl (C=O) groups is 1. The lowest BCUT2D eigenvalue weighted by Crippen LogP contribution is -2.29. The second kappa shape index (κ2) is 4.35. The molecule has 104 valence electrons. The first kappa shape index (κ1) is 12.7. The lowest BCUT2D eigenvalue weighted by atomic mass is 10.0. The molecule has 0 spiro atoms. The highest BCUT2D eigenvalue weighted by Gasteiger charge is 2.41. The average Bonchev–Trinajstić information content (AvgIpc) is 3.04. The van der Waals surface area contributed by atoms with Crippen molar-refractivity contribution in [2.24, 2.45) is 11.8 Å². The maximum atomic E-state index is 12.4. The minimum Gasteiger partial charge on any atom is -0.477 e. The van der Waals surface area contributed by atoms with Gasteiger partial charge in [-0.1, -0.05) is 6.42 Å². The van der Waals surface area contributed by atoms with Crippen molar-refractivity contribution < 1.29 is 18.3 Å². The predicted molar refractivity (Wildman–Crippen MR) is 67.3 cm³/mol. The van der Waals surface area contributed by atoms with Gasteiger partial charge in [0.25, 0.3) is 0 Å². The summed E-state index contributed by atoms with van der Waals surface area (Å²) in [5.74, 6) is -0.194. The zero-order valence-corrected chi connectivity index (χ0v) is 11.2. The van der Waals surface area contributed by atoms with Gasteiger partial charge in [-0.05, 0) is 30.7 Å². The first-order chi connectivity index (χ1) is 8.98. The summed E-state index contributed by atoms with van der Waals surface area (Å²) in [6.45, 7) is 1.14. The van der Waals surface area contributed by atoms with E-state index in [1.807, 2.05) is 0 Å². The van der Waals surface area contributed by atoms with E-state index in [-0.39, 0.29) is 10.6 Å². The van der Waals surface area contributed by atoms with Crippen LogP contribution in [0.15, 0.2) is 17.2 Å². The van der Waals surface area contributed by atoms with Gasteiger partial charge in [0, 0.05) is 19.3 Å². The van der Waals surface area contributed by atoms with Crippen molar-refractivity contribution in [2.75, 3.05) is 13.1 Å². The van der Waals surface area contributed by atoms with E-state index in [0.717, 1.165) is 12.8 Å². The van der Waals surface area contributed by atoms with Crippen LogP contribution in [0.2, 0.25) is 0 Å². The van der Waals surface area contributed by atoms with E-state index in [2.05, 4.69) is 4.98 Å². The lowest BCUT2D eigenvalue weighted by molar-refractivity contribution is 0.0691. The third-order valence-corrected chi connectivity index (χ3v) is 6.03. The van der Waals surface area contributed by atoms with Crippen LogP contribution >= 0.6 is 0 Å². The fourth-order valence-electron chi connectivity index (χ4n) is 3.18. The Balaban J connectivity index is 1.84. The number of fused-ring (bicyclic) bond motifs is 1. The highest BCUT2D eigenvalue weighted by molar-refractivity contribution is 7.89. The van der Waals surface area contributed by atoms with Gasteiger partial charge in [-0.2, -0.15) is 4.31 Å². The Labute approximate surface area is 111 Å². The predicted octanol–water partition coefficient (Wildman–Crippen LogP) is 1.13. The number of nitrogens with zero attached hydrogens (tertiary/aromatic N) is 1. The number of aromatic carboxylic acids is 1. The third-order valence-electron chi connectivity index (χ3n) is 4.22. The van der Waals surface area contributed by atoms with Gasteiger partial charge in [0.2, 0.25) is 10.0 Å². The molecule has 0 radical (unpaired) electrons. The summed E-state index contributed by atoms with van der Waals surface area (Å²) in [6.07, 6.45) is 4.65. The van der Waals surface area contributed by atoms with Crippen molar-refractivity contribution in [2.45, 2.75) is 24.2 Å². The van der Waals surface area contributed by atoms with Crippen LogP contribution in [0.1, 0.15) is 29.8 Å². The molecule has 2 fully saturated rings. The van der Waals surface area contributed by atoms with Gasteiger partial charge in [-0.3, -0.25) is 0 Å². The number of aromatic nitrogens is 1. The Kier molecular flexibility index (Phi) is 2.90. The molecule has 2 N–H and O–H groups in total. The van der Waals surface area contributed by atoms with Crippen molar-refractivity contribution in [1.29, 1.82) is 0 Å². The largest absolute Gasteiger partial charge is 0.477 e. The van der Waals surface area contributed by atoms with Crippen LogP contribution in [-0.4, -0.2) is 41.9 Å². The van der Waals surface area contributed by atoms with Crippen LogP contribution in [0.25, 0.3) is 0 Å². The highest BCUT2D eigenvalue weighted by atomic mass is 32.2. The van der Waals surface area contributed by atoms with E-state index >= 15 is 0 Å². The number of H-pyrrole nitrogens is 1. The van der Waals surface area contributed by atoms with Crippen molar-refractivity contribution >= 4 is 16.0 Å². The average molecular weight is 284 g/mol. The number of aromatic amines is 1. The summed E-state index contributed by atoms with van der Waals surface area (Å²) in [7, 11) is -3.55. The first-order valence-corrected chi connectivity index (χ1v) is 7.84. The summed E-state index contributed by atoms with van der Waals surface area (Å²) in [6, 6.07) is 1.19. The van der Waals surface area contributed by atoms with Gasteiger partial charge in [0.15, 0.2) is 0 Å². The number of sulfonamides is 1. The van der Waals surface area contributed by atoms with Crippen molar-refractivity contribution in [3.05, 3.63) is 18.0 Å².